The number of anilines is 1. The number of hydrogen-bond donors (Lipinski definition) is 2. The minimum Gasteiger partial charge on any atom is -0.362 e. The lowest BCUT2D eigenvalue weighted by atomic mass is 9.91. The van der Waals surface area contributed by atoms with Crippen LogP contribution in [0.4, 0.5) is 11.5 Å². The van der Waals surface area contributed by atoms with Gasteiger partial charge in [0.25, 0.3) is 0 Å². The van der Waals surface area contributed by atoms with E-state index in [-0.39, 0.29) is 11.7 Å². The van der Waals surface area contributed by atoms with E-state index < -0.39 is 4.92 Å². The van der Waals surface area contributed by atoms with Crippen LogP contribution in [0.2, 0.25) is 0 Å². The molecule has 98 valence electrons. The number of aromatic nitrogens is 1. The molecule has 6 nitrogen and oxygen atoms in total. The Kier molecular flexibility index (Phi) is 4.09. The van der Waals surface area contributed by atoms with Gasteiger partial charge in [-0.1, -0.05) is 0 Å². The molecule has 0 amide bonds. The van der Waals surface area contributed by atoms with Crippen LogP contribution in [0.3, 0.4) is 0 Å². The maximum absolute atomic E-state index is 10.9. The first-order valence-electron chi connectivity index (χ1n) is 6.24. The summed E-state index contributed by atoms with van der Waals surface area (Å²) in [7, 11) is 1.97. The lowest BCUT2D eigenvalue weighted by molar-refractivity contribution is -0.384. The van der Waals surface area contributed by atoms with Gasteiger partial charge in [-0.05, 0) is 38.8 Å². The van der Waals surface area contributed by atoms with Gasteiger partial charge in [0.15, 0.2) is 0 Å². The largest absolute Gasteiger partial charge is 0.362 e. The maximum Gasteiger partial charge on any atom is 0.311 e. The molecule has 18 heavy (non-hydrogen) atoms. The first-order valence-corrected chi connectivity index (χ1v) is 6.24. The van der Waals surface area contributed by atoms with Crippen molar-refractivity contribution in [2.45, 2.75) is 37.8 Å². The molecular formula is C12H18N4O2. The van der Waals surface area contributed by atoms with Gasteiger partial charge in [-0.15, -0.1) is 0 Å². The van der Waals surface area contributed by atoms with Crippen LogP contribution in [-0.4, -0.2) is 29.0 Å². The zero-order chi connectivity index (χ0) is 13.0. The SMILES string of the molecule is CNC1CCC(Nc2ncccc2[N+](=O)[O-])CC1. The van der Waals surface area contributed by atoms with Gasteiger partial charge in [0, 0.05) is 24.3 Å². The summed E-state index contributed by atoms with van der Waals surface area (Å²) in [5.41, 5.74) is 0.0493. The molecule has 0 saturated heterocycles. The molecule has 1 aliphatic rings. The van der Waals surface area contributed by atoms with Crippen molar-refractivity contribution in [2.24, 2.45) is 0 Å². The van der Waals surface area contributed by atoms with Crippen LogP contribution in [0.1, 0.15) is 25.7 Å². The van der Waals surface area contributed by atoms with Crippen LogP contribution in [-0.2, 0) is 0 Å². The van der Waals surface area contributed by atoms with Crippen LogP contribution in [0.25, 0.3) is 0 Å². The summed E-state index contributed by atoms with van der Waals surface area (Å²) in [4.78, 5) is 14.5. The molecule has 1 aromatic rings. The summed E-state index contributed by atoms with van der Waals surface area (Å²) >= 11 is 0. The first-order chi connectivity index (χ1) is 8.70. The highest BCUT2D eigenvalue weighted by atomic mass is 16.6. The highest BCUT2D eigenvalue weighted by molar-refractivity contribution is 5.55. The van der Waals surface area contributed by atoms with Gasteiger partial charge in [0.1, 0.15) is 0 Å². The zero-order valence-corrected chi connectivity index (χ0v) is 10.4. The third-order valence-electron chi connectivity index (χ3n) is 3.46. The van der Waals surface area contributed by atoms with Gasteiger partial charge >= 0.3 is 5.69 Å². The van der Waals surface area contributed by atoms with Crippen LogP contribution < -0.4 is 10.6 Å². The number of nitrogens with zero attached hydrogens (tertiary/aromatic N) is 2. The molecule has 0 bridgehead atoms. The van der Waals surface area contributed by atoms with E-state index in [0.29, 0.717) is 11.9 Å². The lowest BCUT2D eigenvalue weighted by Gasteiger charge is -2.28. The van der Waals surface area contributed by atoms with Crippen LogP contribution in [0.5, 0.6) is 0 Å². The molecule has 0 radical (unpaired) electrons. The predicted molar refractivity (Wildman–Crippen MR) is 69.6 cm³/mol. The first kappa shape index (κ1) is 12.8. The Balaban J connectivity index is 2.00. The monoisotopic (exact) mass is 250 g/mol. The van der Waals surface area contributed by atoms with Crippen molar-refractivity contribution in [1.29, 1.82) is 0 Å². The molecule has 1 aliphatic carbocycles. The van der Waals surface area contributed by atoms with Gasteiger partial charge in [0.2, 0.25) is 5.82 Å². The molecule has 1 fully saturated rings. The fourth-order valence-electron chi connectivity index (χ4n) is 2.38. The van der Waals surface area contributed by atoms with Crippen molar-refractivity contribution in [3.05, 3.63) is 28.4 Å². The molecule has 2 N–H and O–H groups in total. The Bertz CT molecular complexity index is 416. The van der Waals surface area contributed by atoms with E-state index in [1.165, 1.54) is 6.07 Å². The van der Waals surface area contributed by atoms with E-state index in [1.54, 1.807) is 12.3 Å². The van der Waals surface area contributed by atoms with Crippen molar-refractivity contribution in [1.82, 2.24) is 10.3 Å². The average Bonchev–Trinajstić information content (AvgIpc) is 2.40. The van der Waals surface area contributed by atoms with E-state index in [0.717, 1.165) is 25.7 Å². The summed E-state index contributed by atoms with van der Waals surface area (Å²) in [5.74, 6) is 0.385. The Morgan fingerprint density at radius 3 is 2.61 bits per heavy atom. The Morgan fingerprint density at radius 2 is 2.00 bits per heavy atom. The second-order valence-corrected chi connectivity index (χ2v) is 4.61. The average molecular weight is 250 g/mol. The highest BCUT2D eigenvalue weighted by Crippen LogP contribution is 2.26. The minimum atomic E-state index is -0.394. The molecule has 1 aromatic heterocycles. The van der Waals surface area contributed by atoms with E-state index in [1.807, 2.05) is 7.05 Å². The number of pyridine rings is 1. The van der Waals surface area contributed by atoms with Crippen molar-refractivity contribution in [3.63, 3.8) is 0 Å². The van der Waals surface area contributed by atoms with Crippen LogP contribution >= 0.6 is 0 Å². The van der Waals surface area contributed by atoms with Gasteiger partial charge in [0.05, 0.1) is 4.92 Å². The topological polar surface area (TPSA) is 80.1 Å². The predicted octanol–water partition coefficient (Wildman–Crippen LogP) is 1.93. The van der Waals surface area contributed by atoms with Crippen molar-refractivity contribution >= 4 is 11.5 Å². The Labute approximate surface area is 106 Å². The molecular weight excluding hydrogens is 232 g/mol. The third-order valence-corrected chi connectivity index (χ3v) is 3.46. The summed E-state index contributed by atoms with van der Waals surface area (Å²) in [6.45, 7) is 0. The van der Waals surface area contributed by atoms with Crippen molar-refractivity contribution in [3.8, 4) is 0 Å². The molecule has 0 spiro atoms. The molecule has 2 rings (SSSR count). The second-order valence-electron chi connectivity index (χ2n) is 4.61. The molecule has 0 aromatic carbocycles. The lowest BCUT2D eigenvalue weighted by Crippen LogP contribution is -2.35. The number of hydrogen-bond acceptors (Lipinski definition) is 5. The van der Waals surface area contributed by atoms with E-state index >= 15 is 0 Å². The third kappa shape index (κ3) is 2.95. The molecule has 1 heterocycles. The minimum absolute atomic E-state index is 0.0493. The van der Waals surface area contributed by atoms with E-state index in [9.17, 15) is 10.1 Å². The summed E-state index contributed by atoms with van der Waals surface area (Å²) in [5, 5.41) is 17.3. The van der Waals surface area contributed by atoms with Crippen LogP contribution in [0.15, 0.2) is 18.3 Å². The van der Waals surface area contributed by atoms with Gasteiger partial charge < -0.3 is 10.6 Å². The van der Waals surface area contributed by atoms with E-state index in [2.05, 4.69) is 15.6 Å². The normalized spacial score (nSPS) is 23.6. The molecule has 0 atom stereocenters. The van der Waals surface area contributed by atoms with Gasteiger partial charge in [-0.2, -0.15) is 0 Å². The van der Waals surface area contributed by atoms with Gasteiger partial charge in [-0.25, -0.2) is 4.98 Å². The van der Waals surface area contributed by atoms with E-state index in [4.69, 9.17) is 0 Å². The fourth-order valence-corrected chi connectivity index (χ4v) is 2.38. The van der Waals surface area contributed by atoms with Crippen molar-refractivity contribution in [2.75, 3.05) is 12.4 Å². The zero-order valence-electron chi connectivity index (χ0n) is 10.4. The Morgan fingerprint density at radius 1 is 1.33 bits per heavy atom. The molecule has 0 aliphatic heterocycles. The maximum atomic E-state index is 10.9. The smallest absolute Gasteiger partial charge is 0.311 e. The standard InChI is InChI=1S/C12H18N4O2/c1-13-9-4-6-10(7-5-9)15-12-11(16(17)18)3-2-8-14-12/h2-3,8-10,13H,4-7H2,1H3,(H,14,15). The summed E-state index contributed by atoms with van der Waals surface area (Å²) < 4.78 is 0. The highest BCUT2D eigenvalue weighted by Gasteiger charge is 2.22. The fraction of sp³-hybridized carbons (Fsp3) is 0.583. The molecule has 1 saturated carbocycles. The van der Waals surface area contributed by atoms with Crippen LogP contribution in [0, 0.1) is 10.1 Å². The molecule has 0 unspecified atom stereocenters. The summed E-state index contributed by atoms with van der Waals surface area (Å²) in [6.07, 6.45) is 5.79. The second kappa shape index (κ2) is 5.77. The quantitative estimate of drug-likeness (QED) is 0.630. The summed E-state index contributed by atoms with van der Waals surface area (Å²) in [6, 6.07) is 3.92. The number of nitro groups is 1. The molecule has 6 heteroatoms. The number of rotatable bonds is 4. The van der Waals surface area contributed by atoms with Gasteiger partial charge in [-0.3, -0.25) is 10.1 Å². The van der Waals surface area contributed by atoms with Crippen molar-refractivity contribution < 1.29 is 4.92 Å². The Hall–Kier alpha value is -1.69. The number of nitrogens with one attached hydrogen (secondary N) is 2.